The van der Waals surface area contributed by atoms with Crippen molar-refractivity contribution in [3.8, 4) is 0 Å². The Balaban J connectivity index is 3.74. The lowest BCUT2D eigenvalue weighted by molar-refractivity contribution is -0.165. The molecule has 0 aromatic heterocycles. The topological polar surface area (TPSA) is 69.6 Å². The zero-order valence-electron chi connectivity index (χ0n) is 8.56. The molecule has 0 atom stereocenters. The van der Waals surface area contributed by atoms with Gasteiger partial charge in [-0.05, 0) is 13.3 Å². The summed E-state index contributed by atoms with van der Waals surface area (Å²) in [6, 6.07) is 0. The summed E-state index contributed by atoms with van der Waals surface area (Å²) < 4.78 is 11.2. The smallest absolute Gasteiger partial charge is 0.250 e. The summed E-state index contributed by atoms with van der Waals surface area (Å²) in [5.74, 6) is -0.436. The van der Waals surface area contributed by atoms with Crippen LogP contribution in [-0.4, -0.2) is 42.5 Å². The summed E-state index contributed by atoms with van der Waals surface area (Å²) >= 11 is 0. The first-order valence-corrected chi connectivity index (χ1v) is 7.00. The monoisotopic (exact) mass is 220 g/mol. The molecule has 1 amide bonds. The third-order valence-corrected chi connectivity index (χ3v) is 2.35. The van der Waals surface area contributed by atoms with Gasteiger partial charge in [0.25, 0.3) is 5.91 Å². The van der Waals surface area contributed by atoms with Crippen LogP contribution in [0.15, 0.2) is 12.7 Å². The van der Waals surface area contributed by atoms with Crippen LogP contribution >= 0.6 is 7.14 Å². The summed E-state index contributed by atoms with van der Waals surface area (Å²) in [4.78, 5) is 11.0. The third-order valence-electron chi connectivity index (χ3n) is 1.36. The lowest BCUT2D eigenvalue weighted by Gasteiger charge is -2.15. The van der Waals surface area contributed by atoms with Gasteiger partial charge in [-0.1, -0.05) is 6.08 Å². The van der Waals surface area contributed by atoms with E-state index in [1.165, 1.54) is 6.08 Å². The van der Waals surface area contributed by atoms with Gasteiger partial charge in [-0.15, -0.1) is 6.58 Å². The highest BCUT2D eigenvalue weighted by Crippen LogP contribution is 2.33. The molecule has 0 aromatic rings. The lowest BCUT2D eigenvalue weighted by atomic mass is 10.4. The molecular weight excluding hydrogens is 203 g/mol. The number of carbonyl (C=O) groups excluding carboxylic acids is 1. The molecular formula is C8H17N2O3P. The SMILES string of the molecule is C=CCC(=O)N(O)CNCP(C)(C)=O. The van der Waals surface area contributed by atoms with E-state index in [1.807, 2.05) is 0 Å². The molecule has 0 heterocycles. The molecule has 0 radical (unpaired) electrons. The minimum Gasteiger partial charge on any atom is -0.323 e. The fourth-order valence-corrected chi connectivity index (χ4v) is 1.38. The maximum absolute atomic E-state index is 11.2. The van der Waals surface area contributed by atoms with Crippen LogP contribution in [-0.2, 0) is 9.36 Å². The molecule has 2 N–H and O–H groups in total. The van der Waals surface area contributed by atoms with E-state index in [-0.39, 0.29) is 13.1 Å². The van der Waals surface area contributed by atoms with E-state index in [1.54, 1.807) is 13.3 Å². The van der Waals surface area contributed by atoms with Crippen LogP contribution < -0.4 is 5.32 Å². The average Bonchev–Trinajstić information content (AvgIpc) is 2.02. The fourth-order valence-electron chi connectivity index (χ4n) is 0.742. The van der Waals surface area contributed by atoms with Crippen molar-refractivity contribution in [3.63, 3.8) is 0 Å². The Morgan fingerprint density at radius 1 is 1.64 bits per heavy atom. The molecule has 0 spiro atoms. The zero-order chi connectivity index (χ0) is 11.2. The van der Waals surface area contributed by atoms with Gasteiger partial charge in [-0.25, -0.2) is 5.06 Å². The number of rotatable bonds is 6. The molecule has 6 heteroatoms. The van der Waals surface area contributed by atoms with E-state index in [2.05, 4.69) is 11.9 Å². The van der Waals surface area contributed by atoms with E-state index in [0.29, 0.717) is 11.3 Å². The molecule has 0 rings (SSSR count). The van der Waals surface area contributed by atoms with Gasteiger partial charge in [-0.3, -0.25) is 15.3 Å². The van der Waals surface area contributed by atoms with Gasteiger partial charge in [0, 0.05) is 6.42 Å². The Labute approximate surface area is 84.1 Å². The molecule has 14 heavy (non-hydrogen) atoms. The Morgan fingerprint density at radius 3 is 2.64 bits per heavy atom. The lowest BCUT2D eigenvalue weighted by Crippen LogP contribution is -2.36. The van der Waals surface area contributed by atoms with Gasteiger partial charge in [0.15, 0.2) is 0 Å². The number of nitrogens with zero attached hydrogens (tertiary/aromatic N) is 1. The van der Waals surface area contributed by atoms with Crippen LogP contribution in [0.3, 0.4) is 0 Å². The van der Waals surface area contributed by atoms with Crippen LogP contribution in [0.1, 0.15) is 6.42 Å². The number of hydrogen-bond acceptors (Lipinski definition) is 4. The van der Waals surface area contributed by atoms with Gasteiger partial charge in [-0.2, -0.15) is 0 Å². The highest BCUT2D eigenvalue weighted by Gasteiger charge is 2.10. The molecule has 0 bridgehead atoms. The Bertz CT molecular complexity index is 249. The number of carbonyl (C=O) groups is 1. The van der Waals surface area contributed by atoms with Gasteiger partial charge < -0.3 is 4.57 Å². The van der Waals surface area contributed by atoms with Gasteiger partial charge >= 0.3 is 0 Å². The number of nitrogens with one attached hydrogen (secondary N) is 1. The van der Waals surface area contributed by atoms with Crippen molar-refractivity contribution in [2.24, 2.45) is 0 Å². The molecule has 0 aliphatic carbocycles. The predicted molar refractivity (Wildman–Crippen MR) is 55.8 cm³/mol. The van der Waals surface area contributed by atoms with Crippen molar-refractivity contribution in [1.29, 1.82) is 0 Å². The molecule has 0 saturated heterocycles. The van der Waals surface area contributed by atoms with Crippen molar-refractivity contribution in [1.82, 2.24) is 10.4 Å². The van der Waals surface area contributed by atoms with Crippen molar-refractivity contribution < 1.29 is 14.6 Å². The minimum atomic E-state index is -2.15. The van der Waals surface area contributed by atoms with Gasteiger partial charge in [0.2, 0.25) is 0 Å². The Kier molecular flexibility index (Phi) is 5.69. The number of hydrogen-bond donors (Lipinski definition) is 2. The van der Waals surface area contributed by atoms with Crippen LogP contribution in [0.5, 0.6) is 0 Å². The first-order valence-electron chi connectivity index (χ1n) is 4.21. The number of hydroxylamine groups is 2. The number of amides is 1. The molecule has 0 aliphatic heterocycles. The summed E-state index contributed by atoms with van der Waals surface area (Å²) in [6.45, 7) is 6.63. The highest BCUT2D eigenvalue weighted by molar-refractivity contribution is 7.62. The quantitative estimate of drug-likeness (QED) is 0.229. The second kappa shape index (κ2) is 5.96. The normalized spacial score (nSPS) is 11.1. The van der Waals surface area contributed by atoms with Crippen molar-refractivity contribution in [2.45, 2.75) is 6.42 Å². The largest absolute Gasteiger partial charge is 0.323 e. The summed E-state index contributed by atoms with van der Waals surface area (Å²) in [5, 5.41) is 12.4. The molecule has 82 valence electrons. The molecule has 0 saturated carbocycles. The van der Waals surface area contributed by atoms with E-state index in [4.69, 9.17) is 5.21 Å². The zero-order valence-corrected chi connectivity index (χ0v) is 9.46. The minimum absolute atomic E-state index is 0.0155. The first kappa shape index (κ1) is 13.4. The maximum Gasteiger partial charge on any atom is 0.250 e. The van der Waals surface area contributed by atoms with Crippen LogP contribution in [0, 0.1) is 0 Å². The predicted octanol–water partition coefficient (Wildman–Crippen LogP) is 0.908. The molecule has 0 unspecified atom stereocenters. The fraction of sp³-hybridized carbons (Fsp3) is 0.625. The van der Waals surface area contributed by atoms with Crippen LogP contribution in [0.4, 0.5) is 0 Å². The highest BCUT2D eigenvalue weighted by atomic mass is 31.2. The second-order valence-corrected chi connectivity index (χ2v) is 6.89. The van der Waals surface area contributed by atoms with E-state index >= 15 is 0 Å². The summed E-state index contributed by atoms with van der Waals surface area (Å²) in [5.41, 5.74) is 0. The van der Waals surface area contributed by atoms with E-state index < -0.39 is 13.0 Å². The third kappa shape index (κ3) is 6.83. The summed E-state index contributed by atoms with van der Waals surface area (Å²) in [7, 11) is -2.15. The van der Waals surface area contributed by atoms with Crippen molar-refractivity contribution in [3.05, 3.63) is 12.7 Å². The standard InChI is InChI=1S/C8H17N2O3P/c1-4-5-8(11)10(12)6-9-7-14(2,3)13/h4,9,12H,1,5-7H2,2-3H3. The van der Waals surface area contributed by atoms with Gasteiger partial charge in [0.1, 0.15) is 0 Å². The molecule has 0 aromatic carbocycles. The maximum atomic E-state index is 11.2. The molecule has 0 fully saturated rings. The molecule has 5 nitrogen and oxygen atoms in total. The van der Waals surface area contributed by atoms with Crippen molar-refractivity contribution >= 4 is 13.0 Å². The van der Waals surface area contributed by atoms with Crippen LogP contribution in [0.25, 0.3) is 0 Å². The second-order valence-electron chi connectivity index (χ2n) is 3.43. The summed E-state index contributed by atoms with van der Waals surface area (Å²) in [6.07, 6.45) is 1.80. The molecule has 0 aliphatic rings. The van der Waals surface area contributed by atoms with E-state index in [9.17, 15) is 9.36 Å². The average molecular weight is 220 g/mol. The van der Waals surface area contributed by atoms with E-state index in [0.717, 1.165) is 0 Å². The Hall–Kier alpha value is -0.640. The first-order chi connectivity index (χ1) is 6.37. The Morgan fingerprint density at radius 2 is 2.21 bits per heavy atom. The van der Waals surface area contributed by atoms with Crippen molar-refractivity contribution in [2.75, 3.05) is 26.3 Å². The van der Waals surface area contributed by atoms with Gasteiger partial charge in [0.05, 0.1) is 20.1 Å². The van der Waals surface area contributed by atoms with Crippen LogP contribution in [0.2, 0.25) is 0 Å².